The molecular formula is C26H28N4O. The van der Waals surface area contributed by atoms with Crippen LogP contribution in [0.3, 0.4) is 0 Å². The van der Waals surface area contributed by atoms with Gasteiger partial charge < -0.3 is 15.1 Å². The molecular weight excluding hydrogens is 384 g/mol. The van der Waals surface area contributed by atoms with E-state index in [0.717, 1.165) is 42.0 Å². The van der Waals surface area contributed by atoms with Gasteiger partial charge in [0.2, 0.25) is 5.91 Å². The predicted molar refractivity (Wildman–Crippen MR) is 127 cm³/mol. The third-order valence-corrected chi connectivity index (χ3v) is 5.47. The number of aryl methyl sites for hydroxylation is 1. The van der Waals surface area contributed by atoms with E-state index in [4.69, 9.17) is 0 Å². The number of benzene rings is 2. The highest BCUT2D eigenvalue weighted by atomic mass is 16.1. The summed E-state index contributed by atoms with van der Waals surface area (Å²) in [4.78, 5) is 20.3. The fourth-order valence-corrected chi connectivity index (χ4v) is 3.78. The molecule has 0 fully saturated rings. The summed E-state index contributed by atoms with van der Waals surface area (Å²) >= 11 is 0. The van der Waals surface area contributed by atoms with Gasteiger partial charge in [0.25, 0.3) is 0 Å². The van der Waals surface area contributed by atoms with Gasteiger partial charge in [0.15, 0.2) is 0 Å². The summed E-state index contributed by atoms with van der Waals surface area (Å²) in [5.41, 5.74) is 6.96. The van der Waals surface area contributed by atoms with Gasteiger partial charge >= 0.3 is 0 Å². The normalized spacial score (nSPS) is 14.1. The van der Waals surface area contributed by atoms with E-state index < -0.39 is 0 Å². The average molecular weight is 413 g/mol. The van der Waals surface area contributed by atoms with Gasteiger partial charge in [-0.3, -0.25) is 4.79 Å². The van der Waals surface area contributed by atoms with Crippen LogP contribution >= 0.6 is 0 Å². The van der Waals surface area contributed by atoms with Crippen molar-refractivity contribution >= 4 is 23.1 Å². The standard InChI is InChI=1S/C26H28N4O/c1-19-7-10-23(11-8-19)30(24-13-15-29(3)16-14-24)25-6-4-5-21(17-25)22-9-12-26(27-18-22)28-20(2)31/h4-13,17-18H,14-16H2,1-3H3,(H,27,28,31). The van der Waals surface area contributed by atoms with Crippen LogP contribution in [0, 0.1) is 6.92 Å². The summed E-state index contributed by atoms with van der Waals surface area (Å²) in [7, 11) is 2.15. The van der Waals surface area contributed by atoms with E-state index in [-0.39, 0.29) is 5.91 Å². The van der Waals surface area contributed by atoms with Crippen molar-refractivity contribution in [3.8, 4) is 11.1 Å². The van der Waals surface area contributed by atoms with Crippen LogP contribution < -0.4 is 10.2 Å². The van der Waals surface area contributed by atoms with Crippen LogP contribution in [0.1, 0.15) is 18.9 Å². The number of nitrogens with zero attached hydrogens (tertiary/aromatic N) is 3. The zero-order valence-corrected chi connectivity index (χ0v) is 18.3. The number of likely N-dealkylation sites (N-methyl/N-ethyl adjacent to an activating group) is 1. The Hall–Kier alpha value is -3.44. The van der Waals surface area contributed by atoms with Gasteiger partial charge in [0.05, 0.1) is 0 Å². The molecule has 0 saturated carbocycles. The van der Waals surface area contributed by atoms with Crippen molar-refractivity contribution in [1.29, 1.82) is 0 Å². The lowest BCUT2D eigenvalue weighted by Crippen LogP contribution is -2.29. The fraction of sp³-hybridized carbons (Fsp3) is 0.231. The summed E-state index contributed by atoms with van der Waals surface area (Å²) in [6.45, 7) is 5.59. The molecule has 1 aromatic heterocycles. The minimum atomic E-state index is -0.123. The molecule has 3 aromatic rings. The summed E-state index contributed by atoms with van der Waals surface area (Å²) in [6, 6.07) is 21.0. The van der Waals surface area contributed by atoms with Crippen LogP contribution in [0.4, 0.5) is 17.2 Å². The largest absolute Gasteiger partial charge is 0.314 e. The van der Waals surface area contributed by atoms with Crippen LogP contribution in [0.15, 0.2) is 78.6 Å². The van der Waals surface area contributed by atoms with Gasteiger partial charge in [-0.1, -0.05) is 35.9 Å². The number of nitrogens with one attached hydrogen (secondary N) is 1. The molecule has 1 N–H and O–H groups in total. The summed E-state index contributed by atoms with van der Waals surface area (Å²) in [5.74, 6) is 0.438. The zero-order chi connectivity index (χ0) is 21.8. The minimum Gasteiger partial charge on any atom is -0.314 e. The van der Waals surface area contributed by atoms with Crippen molar-refractivity contribution in [3.63, 3.8) is 0 Å². The highest BCUT2D eigenvalue weighted by molar-refractivity contribution is 5.87. The van der Waals surface area contributed by atoms with Crippen molar-refractivity contribution in [2.24, 2.45) is 0 Å². The smallest absolute Gasteiger partial charge is 0.222 e. The third-order valence-electron chi connectivity index (χ3n) is 5.47. The maximum Gasteiger partial charge on any atom is 0.222 e. The van der Waals surface area contributed by atoms with E-state index >= 15 is 0 Å². The molecule has 0 atom stereocenters. The van der Waals surface area contributed by atoms with E-state index in [1.165, 1.54) is 18.2 Å². The maximum absolute atomic E-state index is 11.2. The van der Waals surface area contributed by atoms with Crippen molar-refractivity contribution in [2.45, 2.75) is 20.3 Å². The number of aromatic nitrogens is 1. The van der Waals surface area contributed by atoms with E-state index in [0.29, 0.717) is 5.82 Å². The summed E-state index contributed by atoms with van der Waals surface area (Å²) in [6.07, 6.45) is 5.12. The molecule has 0 aliphatic carbocycles. The molecule has 0 unspecified atom stereocenters. The lowest BCUT2D eigenvalue weighted by molar-refractivity contribution is -0.114. The Bertz CT molecular complexity index is 1090. The Morgan fingerprint density at radius 1 is 1.03 bits per heavy atom. The molecule has 1 aliphatic rings. The summed E-state index contributed by atoms with van der Waals surface area (Å²) < 4.78 is 0. The number of carbonyl (C=O) groups is 1. The Morgan fingerprint density at radius 3 is 2.48 bits per heavy atom. The summed E-state index contributed by atoms with van der Waals surface area (Å²) in [5, 5.41) is 2.72. The van der Waals surface area contributed by atoms with Crippen molar-refractivity contribution in [3.05, 3.63) is 84.2 Å². The lowest BCUT2D eigenvalue weighted by Gasteiger charge is -2.32. The van der Waals surface area contributed by atoms with Gasteiger partial charge in [-0.2, -0.15) is 0 Å². The Morgan fingerprint density at radius 2 is 1.84 bits per heavy atom. The Labute approximate surface area is 184 Å². The van der Waals surface area contributed by atoms with Gasteiger partial charge in [-0.15, -0.1) is 0 Å². The molecule has 5 nitrogen and oxygen atoms in total. The first-order chi connectivity index (χ1) is 15.0. The van der Waals surface area contributed by atoms with Gasteiger partial charge in [-0.05, 0) is 55.9 Å². The molecule has 4 rings (SSSR count). The van der Waals surface area contributed by atoms with Gasteiger partial charge in [-0.25, -0.2) is 4.98 Å². The third kappa shape index (κ3) is 5.01. The first kappa shape index (κ1) is 20.8. The second-order valence-corrected chi connectivity index (χ2v) is 8.04. The molecule has 2 aromatic carbocycles. The SMILES string of the molecule is CC(=O)Nc1ccc(-c2cccc(N(C3=CCN(C)CC3)c3ccc(C)cc3)c2)cn1. The highest BCUT2D eigenvalue weighted by Crippen LogP contribution is 2.35. The lowest BCUT2D eigenvalue weighted by atomic mass is 10.0. The number of hydrogen-bond donors (Lipinski definition) is 1. The molecule has 31 heavy (non-hydrogen) atoms. The van der Waals surface area contributed by atoms with Gasteiger partial charge in [0, 0.05) is 55.3 Å². The second kappa shape index (κ2) is 9.14. The van der Waals surface area contributed by atoms with Crippen LogP contribution in [0.2, 0.25) is 0 Å². The Kier molecular flexibility index (Phi) is 6.14. The molecule has 0 radical (unpaired) electrons. The topological polar surface area (TPSA) is 48.5 Å². The molecule has 0 saturated heterocycles. The van der Waals surface area contributed by atoms with E-state index in [1.54, 1.807) is 6.20 Å². The van der Waals surface area contributed by atoms with E-state index in [2.05, 4.69) is 88.7 Å². The average Bonchev–Trinajstić information content (AvgIpc) is 2.77. The number of hydrogen-bond acceptors (Lipinski definition) is 4. The van der Waals surface area contributed by atoms with Crippen LogP contribution in [0.5, 0.6) is 0 Å². The molecule has 2 heterocycles. The highest BCUT2D eigenvalue weighted by Gasteiger charge is 2.18. The molecule has 158 valence electrons. The number of pyridine rings is 1. The quantitative estimate of drug-likeness (QED) is 0.612. The maximum atomic E-state index is 11.2. The predicted octanol–water partition coefficient (Wildman–Crippen LogP) is 5.37. The first-order valence-corrected chi connectivity index (χ1v) is 10.6. The molecule has 5 heteroatoms. The Balaban J connectivity index is 1.70. The van der Waals surface area contributed by atoms with Crippen molar-refractivity contribution in [2.75, 3.05) is 30.4 Å². The number of anilines is 3. The number of carbonyl (C=O) groups excluding carboxylic acids is 1. The molecule has 0 spiro atoms. The van der Waals surface area contributed by atoms with Crippen LogP contribution in [-0.2, 0) is 4.79 Å². The number of amides is 1. The minimum absolute atomic E-state index is 0.123. The molecule has 1 amide bonds. The van der Waals surface area contributed by atoms with E-state index in [9.17, 15) is 4.79 Å². The fourth-order valence-electron chi connectivity index (χ4n) is 3.78. The van der Waals surface area contributed by atoms with E-state index in [1.807, 2.05) is 12.1 Å². The first-order valence-electron chi connectivity index (χ1n) is 10.6. The molecule has 0 bridgehead atoms. The van der Waals surface area contributed by atoms with Crippen molar-refractivity contribution in [1.82, 2.24) is 9.88 Å². The monoisotopic (exact) mass is 412 g/mol. The number of rotatable bonds is 5. The van der Waals surface area contributed by atoms with Gasteiger partial charge in [0.1, 0.15) is 5.82 Å². The molecule has 1 aliphatic heterocycles. The van der Waals surface area contributed by atoms with Crippen LogP contribution in [0.25, 0.3) is 11.1 Å². The van der Waals surface area contributed by atoms with Crippen LogP contribution in [-0.4, -0.2) is 35.9 Å². The zero-order valence-electron chi connectivity index (χ0n) is 18.3. The van der Waals surface area contributed by atoms with Crippen molar-refractivity contribution < 1.29 is 4.79 Å². The second-order valence-electron chi connectivity index (χ2n) is 8.04.